The molecule has 2 aromatic heterocycles. The average Bonchev–Trinajstić information content (AvgIpc) is 3.66. The van der Waals surface area contributed by atoms with Crippen molar-refractivity contribution in [2.75, 3.05) is 0 Å². The van der Waals surface area contributed by atoms with E-state index in [9.17, 15) is 0 Å². The predicted molar refractivity (Wildman–Crippen MR) is 170 cm³/mol. The van der Waals surface area contributed by atoms with Gasteiger partial charge in [-0.2, -0.15) is 0 Å². The van der Waals surface area contributed by atoms with Gasteiger partial charge in [-0.05, 0) is 59.2 Å². The maximum absolute atomic E-state index is 2.43. The van der Waals surface area contributed by atoms with E-state index >= 15 is 0 Å². The zero-order chi connectivity index (χ0) is 25.5. The molecule has 0 spiro atoms. The van der Waals surface area contributed by atoms with E-state index in [1.807, 2.05) is 23.1 Å². The summed E-state index contributed by atoms with van der Waals surface area (Å²) in [6.45, 7) is 0. The van der Waals surface area contributed by atoms with Gasteiger partial charge in [-0.1, -0.05) is 85.0 Å². The minimum atomic E-state index is 0.441. The summed E-state index contributed by atoms with van der Waals surface area (Å²) in [5.41, 5.74) is 7.97. The van der Waals surface area contributed by atoms with Crippen LogP contribution < -0.4 is 0 Å². The van der Waals surface area contributed by atoms with Crippen LogP contribution in [0.4, 0.5) is 0 Å². The number of thiophene rings is 1. The first-order chi connectivity index (χ1) is 19.3. The molecule has 3 heteroatoms. The Morgan fingerprint density at radius 3 is 2.23 bits per heavy atom. The number of fused-ring (bicyclic) bond motifs is 9. The second kappa shape index (κ2) is 8.22. The molecule has 9 rings (SSSR count). The Labute approximate surface area is 234 Å². The highest BCUT2D eigenvalue weighted by molar-refractivity contribution is 8.00. The molecule has 39 heavy (non-hydrogen) atoms. The lowest BCUT2D eigenvalue weighted by molar-refractivity contribution is 0.893. The van der Waals surface area contributed by atoms with Crippen molar-refractivity contribution in [1.82, 2.24) is 4.57 Å². The molecule has 0 saturated carbocycles. The Morgan fingerprint density at radius 1 is 0.615 bits per heavy atom. The molecule has 1 nitrogen and oxygen atoms in total. The maximum Gasteiger partial charge on any atom is 0.0541 e. The average molecular weight is 534 g/mol. The summed E-state index contributed by atoms with van der Waals surface area (Å²) < 4.78 is 5.09. The lowest BCUT2D eigenvalue weighted by Gasteiger charge is -2.23. The number of benzene rings is 5. The molecule has 0 saturated heterocycles. The first-order valence-electron chi connectivity index (χ1n) is 13.4. The molecular formula is C36H23NS2. The molecule has 2 atom stereocenters. The van der Waals surface area contributed by atoms with E-state index in [-0.39, 0.29) is 0 Å². The fraction of sp³-hybridized carbons (Fsp3) is 0.0556. The van der Waals surface area contributed by atoms with Crippen LogP contribution in [0.3, 0.4) is 0 Å². The van der Waals surface area contributed by atoms with Gasteiger partial charge in [-0.15, -0.1) is 23.1 Å². The summed E-state index contributed by atoms with van der Waals surface area (Å²) in [6, 6.07) is 40.5. The molecule has 0 amide bonds. The molecule has 0 fully saturated rings. The van der Waals surface area contributed by atoms with Crippen LogP contribution in [0.5, 0.6) is 0 Å². The van der Waals surface area contributed by atoms with Crippen LogP contribution >= 0.6 is 23.1 Å². The molecule has 3 heterocycles. The predicted octanol–water partition coefficient (Wildman–Crippen LogP) is 10.4. The Balaban J connectivity index is 1.18. The number of nitrogens with zero attached hydrogens (tertiary/aromatic N) is 1. The van der Waals surface area contributed by atoms with Crippen molar-refractivity contribution < 1.29 is 0 Å². The Hall–Kier alpha value is -4.05. The third-order valence-corrected chi connectivity index (χ3v) is 10.9. The van der Waals surface area contributed by atoms with Crippen molar-refractivity contribution in [3.63, 3.8) is 0 Å². The molecule has 1 aliphatic carbocycles. The fourth-order valence-corrected chi connectivity index (χ4v) is 9.23. The van der Waals surface area contributed by atoms with Gasteiger partial charge in [0.15, 0.2) is 0 Å². The quantitative estimate of drug-likeness (QED) is 0.214. The van der Waals surface area contributed by atoms with E-state index in [1.165, 1.54) is 69.3 Å². The Morgan fingerprint density at radius 2 is 1.38 bits per heavy atom. The number of thioether (sulfide) groups is 1. The van der Waals surface area contributed by atoms with Crippen LogP contribution in [-0.4, -0.2) is 9.82 Å². The minimum absolute atomic E-state index is 0.441. The molecule has 1 aliphatic heterocycles. The molecule has 0 bridgehead atoms. The van der Waals surface area contributed by atoms with Gasteiger partial charge in [-0.25, -0.2) is 0 Å². The van der Waals surface area contributed by atoms with Gasteiger partial charge in [0.05, 0.1) is 11.0 Å². The Bertz CT molecular complexity index is 2120. The number of hydrogen-bond donors (Lipinski definition) is 0. The summed E-state index contributed by atoms with van der Waals surface area (Å²) in [4.78, 5) is 1.42. The van der Waals surface area contributed by atoms with E-state index in [0.29, 0.717) is 11.2 Å². The molecular weight excluding hydrogens is 511 g/mol. The molecule has 7 aromatic rings. The first-order valence-corrected chi connectivity index (χ1v) is 15.1. The molecule has 2 unspecified atom stereocenters. The SMILES string of the molecule is C1=CC2c3ccccc3SC2C(c2ccc3sc4cc(-n5c6ccccc6c6ccccc65)ccc4c3c2)=C1. The van der Waals surface area contributed by atoms with Crippen molar-refractivity contribution >= 4 is 70.6 Å². The van der Waals surface area contributed by atoms with Gasteiger partial charge in [0.2, 0.25) is 0 Å². The third kappa shape index (κ3) is 3.15. The van der Waals surface area contributed by atoms with Crippen molar-refractivity contribution in [2.24, 2.45) is 0 Å². The van der Waals surface area contributed by atoms with Crippen molar-refractivity contribution in [3.8, 4) is 5.69 Å². The lowest BCUT2D eigenvalue weighted by Crippen LogP contribution is -2.13. The van der Waals surface area contributed by atoms with Crippen LogP contribution in [0.1, 0.15) is 17.0 Å². The standard InChI is InChI=1S/C36H23NS2/c1-4-13-31-25(8-1)26-9-2-5-14-32(26)37(31)23-17-18-28-30-20-22(16-19-34(30)38-35(28)21-23)24-11-7-12-29-27-10-3-6-15-33(27)39-36(24)29/h1-21,29,36H. The summed E-state index contributed by atoms with van der Waals surface area (Å²) >= 11 is 3.91. The summed E-state index contributed by atoms with van der Waals surface area (Å²) in [7, 11) is 0. The number of hydrogen-bond acceptors (Lipinski definition) is 2. The summed E-state index contributed by atoms with van der Waals surface area (Å²) in [6.07, 6.45) is 6.96. The minimum Gasteiger partial charge on any atom is -0.309 e. The zero-order valence-electron chi connectivity index (χ0n) is 21.0. The van der Waals surface area contributed by atoms with Crippen LogP contribution in [0.25, 0.3) is 53.2 Å². The zero-order valence-corrected chi connectivity index (χ0v) is 22.7. The van der Waals surface area contributed by atoms with Crippen LogP contribution in [0, 0.1) is 0 Å². The monoisotopic (exact) mass is 533 g/mol. The highest BCUT2D eigenvalue weighted by atomic mass is 32.2. The largest absolute Gasteiger partial charge is 0.309 e. The van der Waals surface area contributed by atoms with E-state index in [2.05, 4.69) is 132 Å². The van der Waals surface area contributed by atoms with Gasteiger partial charge >= 0.3 is 0 Å². The second-order valence-corrected chi connectivity index (χ2v) is 12.7. The summed E-state index contributed by atoms with van der Waals surface area (Å²) in [5, 5.41) is 5.74. The Kier molecular flexibility index (Phi) is 4.60. The third-order valence-electron chi connectivity index (χ3n) is 8.39. The van der Waals surface area contributed by atoms with Gasteiger partial charge < -0.3 is 4.57 Å². The molecule has 0 radical (unpaired) electrons. The highest BCUT2D eigenvalue weighted by Gasteiger charge is 2.35. The highest BCUT2D eigenvalue weighted by Crippen LogP contribution is 2.53. The molecule has 0 N–H and O–H groups in total. The topological polar surface area (TPSA) is 4.93 Å². The summed E-state index contributed by atoms with van der Waals surface area (Å²) in [5.74, 6) is 0.454. The van der Waals surface area contributed by atoms with Crippen molar-refractivity contribution in [2.45, 2.75) is 16.1 Å². The van der Waals surface area contributed by atoms with Gasteiger partial charge in [0.1, 0.15) is 0 Å². The number of aromatic nitrogens is 1. The van der Waals surface area contributed by atoms with Crippen molar-refractivity contribution in [1.29, 1.82) is 0 Å². The van der Waals surface area contributed by atoms with Crippen LogP contribution in [0.2, 0.25) is 0 Å². The normalized spacial score (nSPS) is 18.2. The first kappa shape index (κ1) is 21.8. The second-order valence-electron chi connectivity index (χ2n) is 10.5. The van der Waals surface area contributed by atoms with Crippen molar-refractivity contribution in [3.05, 3.63) is 139 Å². The van der Waals surface area contributed by atoms with Crippen LogP contribution in [0.15, 0.2) is 132 Å². The smallest absolute Gasteiger partial charge is 0.0541 e. The van der Waals surface area contributed by atoms with E-state index in [1.54, 1.807) is 0 Å². The number of rotatable bonds is 2. The van der Waals surface area contributed by atoms with Crippen LogP contribution in [-0.2, 0) is 0 Å². The van der Waals surface area contributed by atoms with Gasteiger partial charge in [0.25, 0.3) is 0 Å². The number of allylic oxidation sites excluding steroid dienone is 3. The van der Waals surface area contributed by atoms with Gasteiger partial charge in [0, 0.05) is 52.7 Å². The van der Waals surface area contributed by atoms with Gasteiger partial charge in [-0.3, -0.25) is 0 Å². The van der Waals surface area contributed by atoms with E-state index < -0.39 is 0 Å². The fourth-order valence-electron chi connectivity index (χ4n) is 6.62. The molecule has 5 aromatic carbocycles. The molecule has 2 aliphatic rings. The lowest BCUT2D eigenvalue weighted by atomic mass is 9.85. The molecule has 184 valence electrons. The van der Waals surface area contributed by atoms with E-state index in [0.717, 1.165) is 0 Å². The van der Waals surface area contributed by atoms with E-state index in [4.69, 9.17) is 0 Å². The maximum atomic E-state index is 2.43. The number of para-hydroxylation sites is 2.